The van der Waals surface area contributed by atoms with Gasteiger partial charge in [0.2, 0.25) is 0 Å². The van der Waals surface area contributed by atoms with Crippen molar-refractivity contribution in [3.8, 4) is 11.3 Å². The molecule has 8 nitrogen and oxygen atoms in total. The van der Waals surface area contributed by atoms with E-state index in [0.717, 1.165) is 28.2 Å². The van der Waals surface area contributed by atoms with Gasteiger partial charge in [-0.3, -0.25) is 9.59 Å². The molecule has 0 fully saturated rings. The zero-order chi connectivity index (χ0) is 20.4. The first-order valence-corrected chi connectivity index (χ1v) is 8.81. The predicted octanol–water partition coefficient (Wildman–Crippen LogP) is 2.30. The maximum Gasteiger partial charge on any atom is 0.325 e. The molecule has 0 aliphatic carbocycles. The van der Waals surface area contributed by atoms with Crippen LogP contribution < -0.4 is 5.32 Å². The molecule has 2 heterocycles. The van der Waals surface area contributed by atoms with Crippen LogP contribution in [0.25, 0.3) is 16.9 Å². The molecule has 1 aromatic carbocycles. The van der Waals surface area contributed by atoms with E-state index >= 15 is 0 Å². The van der Waals surface area contributed by atoms with Crippen molar-refractivity contribution >= 4 is 23.2 Å². The highest BCUT2D eigenvalue weighted by atomic mass is 16.5. The third-order valence-corrected chi connectivity index (χ3v) is 4.40. The molecule has 0 radical (unpaired) electrons. The number of aryl methyl sites for hydroxylation is 2. The highest BCUT2D eigenvalue weighted by molar-refractivity contribution is 5.92. The Bertz CT molecular complexity index is 1060. The van der Waals surface area contributed by atoms with E-state index in [-0.39, 0.29) is 18.4 Å². The topological polar surface area (TPSA) is 88.8 Å². The molecule has 3 rings (SSSR count). The van der Waals surface area contributed by atoms with Gasteiger partial charge in [0, 0.05) is 37.1 Å². The van der Waals surface area contributed by atoms with Crippen molar-refractivity contribution in [2.45, 2.75) is 13.8 Å². The van der Waals surface area contributed by atoms with Gasteiger partial charge in [0.15, 0.2) is 5.65 Å². The number of carbonyl (C=O) groups is 2. The fourth-order valence-corrected chi connectivity index (χ4v) is 2.90. The zero-order valence-electron chi connectivity index (χ0n) is 16.6. The van der Waals surface area contributed by atoms with Crippen LogP contribution in [0.15, 0.2) is 30.3 Å². The lowest BCUT2D eigenvalue weighted by Gasteiger charge is -2.10. The molecule has 2 aromatic heterocycles. The summed E-state index contributed by atoms with van der Waals surface area (Å²) in [5.41, 5.74) is 5.38. The summed E-state index contributed by atoms with van der Waals surface area (Å²) in [6.07, 6.45) is 0. The minimum atomic E-state index is -0.327. The number of benzene rings is 1. The van der Waals surface area contributed by atoms with Crippen LogP contribution >= 0.6 is 0 Å². The summed E-state index contributed by atoms with van der Waals surface area (Å²) in [4.78, 5) is 29.5. The van der Waals surface area contributed by atoms with Crippen LogP contribution in [0.1, 0.15) is 21.7 Å². The number of anilines is 1. The van der Waals surface area contributed by atoms with Gasteiger partial charge in [-0.2, -0.15) is 5.10 Å². The maximum absolute atomic E-state index is 12.2. The summed E-state index contributed by atoms with van der Waals surface area (Å²) in [7, 11) is 4.75. The second-order valence-corrected chi connectivity index (χ2v) is 6.74. The lowest BCUT2D eigenvalue weighted by molar-refractivity contribution is -0.138. The smallest absolute Gasteiger partial charge is 0.325 e. The Morgan fingerprint density at radius 1 is 1.18 bits per heavy atom. The normalized spacial score (nSPS) is 10.8. The van der Waals surface area contributed by atoms with Gasteiger partial charge >= 0.3 is 5.97 Å². The van der Waals surface area contributed by atoms with E-state index in [1.165, 1.54) is 12.0 Å². The standard InChI is InChI=1S/C20H23N5O3/c1-12-8-14(21-11-19(26)28-5)6-7-15(12)16-10-18-22-17(20(27)24(3)4)9-13(2)25(18)23-16/h6-10,21H,11H2,1-5H3. The molecule has 3 aromatic rings. The third-order valence-electron chi connectivity index (χ3n) is 4.40. The molecule has 8 heteroatoms. The van der Waals surface area contributed by atoms with Crippen molar-refractivity contribution < 1.29 is 14.3 Å². The van der Waals surface area contributed by atoms with Crippen molar-refractivity contribution in [3.63, 3.8) is 0 Å². The molecule has 1 amide bonds. The number of ether oxygens (including phenoxy) is 1. The lowest BCUT2D eigenvalue weighted by atomic mass is 10.1. The molecule has 28 heavy (non-hydrogen) atoms. The number of aromatic nitrogens is 3. The number of fused-ring (bicyclic) bond motifs is 1. The van der Waals surface area contributed by atoms with Crippen LogP contribution in [0, 0.1) is 13.8 Å². The van der Waals surface area contributed by atoms with Gasteiger partial charge in [0.25, 0.3) is 5.91 Å². The van der Waals surface area contributed by atoms with Gasteiger partial charge in [0.05, 0.1) is 12.8 Å². The molecule has 0 atom stereocenters. The molecule has 0 bridgehead atoms. The van der Waals surface area contributed by atoms with Crippen LogP contribution in [0.2, 0.25) is 0 Å². The number of esters is 1. The predicted molar refractivity (Wildman–Crippen MR) is 106 cm³/mol. The monoisotopic (exact) mass is 381 g/mol. The molecule has 1 N–H and O–H groups in total. The highest BCUT2D eigenvalue weighted by Gasteiger charge is 2.15. The Balaban J connectivity index is 1.94. The fraction of sp³-hybridized carbons (Fsp3) is 0.300. The first kappa shape index (κ1) is 19.3. The van der Waals surface area contributed by atoms with Crippen molar-refractivity contribution in [1.82, 2.24) is 19.5 Å². The molecule has 0 saturated carbocycles. The molecule has 0 aliphatic heterocycles. The van der Waals surface area contributed by atoms with Gasteiger partial charge in [-0.1, -0.05) is 6.07 Å². The number of rotatable bonds is 5. The number of nitrogens with one attached hydrogen (secondary N) is 1. The SMILES string of the molecule is COC(=O)CNc1ccc(-c2cc3nc(C(=O)N(C)C)cc(C)n3n2)c(C)c1. The average molecular weight is 381 g/mol. The van der Waals surface area contributed by atoms with Crippen molar-refractivity contribution in [2.75, 3.05) is 33.1 Å². The van der Waals surface area contributed by atoms with Crippen molar-refractivity contribution in [2.24, 2.45) is 0 Å². The van der Waals surface area contributed by atoms with Gasteiger partial charge in [-0.05, 0) is 37.6 Å². The fourth-order valence-electron chi connectivity index (χ4n) is 2.90. The van der Waals surface area contributed by atoms with E-state index in [1.807, 2.05) is 38.1 Å². The summed E-state index contributed by atoms with van der Waals surface area (Å²) in [5.74, 6) is -0.475. The molecular formula is C20H23N5O3. The van der Waals surface area contributed by atoms with Crippen LogP contribution in [0.3, 0.4) is 0 Å². The number of methoxy groups -OCH3 is 1. The van der Waals surface area contributed by atoms with E-state index in [1.54, 1.807) is 24.7 Å². The van der Waals surface area contributed by atoms with E-state index in [0.29, 0.717) is 11.3 Å². The Morgan fingerprint density at radius 2 is 1.93 bits per heavy atom. The summed E-state index contributed by atoms with van der Waals surface area (Å²) in [6.45, 7) is 3.98. The van der Waals surface area contributed by atoms with E-state index in [9.17, 15) is 9.59 Å². The largest absolute Gasteiger partial charge is 0.468 e. The van der Waals surface area contributed by atoms with Crippen molar-refractivity contribution in [3.05, 3.63) is 47.3 Å². The molecular weight excluding hydrogens is 358 g/mol. The lowest BCUT2D eigenvalue weighted by Crippen LogP contribution is -2.23. The molecule has 0 saturated heterocycles. The van der Waals surface area contributed by atoms with Gasteiger partial charge < -0.3 is 15.0 Å². The van der Waals surface area contributed by atoms with E-state index in [4.69, 9.17) is 0 Å². The molecule has 0 spiro atoms. The first-order valence-electron chi connectivity index (χ1n) is 8.81. The summed E-state index contributed by atoms with van der Waals surface area (Å²) < 4.78 is 6.36. The summed E-state index contributed by atoms with van der Waals surface area (Å²) in [6, 6.07) is 9.38. The zero-order valence-corrected chi connectivity index (χ0v) is 16.6. The minimum absolute atomic E-state index is 0.107. The first-order chi connectivity index (χ1) is 13.3. The Morgan fingerprint density at radius 3 is 2.57 bits per heavy atom. The summed E-state index contributed by atoms with van der Waals surface area (Å²) >= 11 is 0. The van der Waals surface area contributed by atoms with E-state index < -0.39 is 0 Å². The number of hydrogen-bond donors (Lipinski definition) is 1. The van der Waals surface area contributed by atoms with Crippen molar-refractivity contribution in [1.29, 1.82) is 0 Å². The van der Waals surface area contributed by atoms with Crippen LogP contribution in [0.4, 0.5) is 5.69 Å². The highest BCUT2D eigenvalue weighted by Crippen LogP contribution is 2.26. The Hall–Kier alpha value is -3.42. The second kappa shape index (κ2) is 7.67. The number of amides is 1. The minimum Gasteiger partial charge on any atom is -0.468 e. The second-order valence-electron chi connectivity index (χ2n) is 6.74. The Labute approximate surface area is 163 Å². The van der Waals surface area contributed by atoms with Crippen LogP contribution in [0.5, 0.6) is 0 Å². The van der Waals surface area contributed by atoms with Crippen LogP contribution in [-0.2, 0) is 9.53 Å². The molecule has 0 aliphatic rings. The number of nitrogens with zero attached hydrogens (tertiary/aromatic N) is 4. The average Bonchev–Trinajstić information content (AvgIpc) is 3.09. The van der Waals surface area contributed by atoms with E-state index in [2.05, 4.69) is 20.1 Å². The third kappa shape index (κ3) is 3.80. The molecule has 0 unspecified atom stereocenters. The van der Waals surface area contributed by atoms with Gasteiger partial charge in [-0.25, -0.2) is 9.50 Å². The Kier molecular flexibility index (Phi) is 5.30. The maximum atomic E-state index is 12.2. The summed E-state index contributed by atoms with van der Waals surface area (Å²) in [5, 5.41) is 7.67. The molecule has 146 valence electrons. The van der Waals surface area contributed by atoms with Crippen LogP contribution in [-0.4, -0.2) is 59.1 Å². The van der Waals surface area contributed by atoms with Gasteiger partial charge in [-0.15, -0.1) is 0 Å². The quantitative estimate of drug-likeness (QED) is 0.682. The van der Waals surface area contributed by atoms with Gasteiger partial charge in [0.1, 0.15) is 12.2 Å². The number of carbonyl (C=O) groups excluding carboxylic acids is 2. The number of hydrogen-bond acceptors (Lipinski definition) is 6.